The molecule has 0 aromatic rings. The van der Waals surface area contributed by atoms with E-state index >= 15 is 0 Å². The maximum atomic E-state index is 3.94. The van der Waals surface area contributed by atoms with Crippen LogP contribution < -0.4 is 5.32 Å². The zero-order valence-corrected chi connectivity index (χ0v) is 14.1. The number of rotatable bonds is 5. The smallest absolute Gasteiger partial charge is 0.00940 e. The van der Waals surface area contributed by atoms with Crippen LogP contribution in [0.2, 0.25) is 0 Å². The fourth-order valence-corrected chi connectivity index (χ4v) is 3.88. The average Bonchev–Trinajstić information content (AvgIpc) is 2.47. The van der Waals surface area contributed by atoms with Crippen LogP contribution in [0, 0.1) is 5.92 Å². The Morgan fingerprint density at radius 3 is 2.35 bits per heavy atom. The van der Waals surface area contributed by atoms with Crippen LogP contribution in [0.5, 0.6) is 0 Å². The van der Waals surface area contributed by atoms with Crippen molar-refractivity contribution in [3.8, 4) is 0 Å². The molecule has 0 aromatic carbocycles. The Morgan fingerprint density at radius 2 is 1.75 bits per heavy atom. The van der Waals surface area contributed by atoms with E-state index in [-0.39, 0.29) is 0 Å². The quantitative estimate of drug-likeness (QED) is 0.835. The van der Waals surface area contributed by atoms with E-state index in [2.05, 4.69) is 42.8 Å². The van der Waals surface area contributed by atoms with Crippen LogP contribution in [0.1, 0.15) is 53.4 Å². The minimum Gasteiger partial charge on any atom is -0.311 e. The molecule has 0 radical (unpaired) electrons. The van der Waals surface area contributed by atoms with E-state index in [1.807, 2.05) is 0 Å². The van der Waals surface area contributed by atoms with Gasteiger partial charge < -0.3 is 15.1 Å². The fraction of sp³-hybridized carbons (Fsp3) is 1.00. The molecule has 0 bridgehead atoms. The molecular weight excluding hydrogens is 246 g/mol. The molecule has 2 heterocycles. The summed E-state index contributed by atoms with van der Waals surface area (Å²) in [5, 5.41) is 3.94. The summed E-state index contributed by atoms with van der Waals surface area (Å²) in [6.45, 7) is 15.7. The van der Waals surface area contributed by atoms with E-state index < -0.39 is 0 Å². The lowest BCUT2D eigenvalue weighted by atomic mass is 9.90. The van der Waals surface area contributed by atoms with Gasteiger partial charge in [-0.2, -0.15) is 0 Å². The zero-order chi connectivity index (χ0) is 14.5. The summed E-state index contributed by atoms with van der Waals surface area (Å²) in [6.07, 6.45) is 5.45. The number of nitrogens with zero attached hydrogens (tertiary/aromatic N) is 2. The lowest BCUT2D eigenvalue weighted by Crippen LogP contribution is -2.51. The molecular formula is C17H35N3. The van der Waals surface area contributed by atoms with Crippen molar-refractivity contribution in [1.82, 2.24) is 15.1 Å². The molecule has 2 aliphatic rings. The van der Waals surface area contributed by atoms with Gasteiger partial charge >= 0.3 is 0 Å². The zero-order valence-electron chi connectivity index (χ0n) is 14.1. The Morgan fingerprint density at radius 1 is 1.05 bits per heavy atom. The summed E-state index contributed by atoms with van der Waals surface area (Å²) in [7, 11) is 0. The van der Waals surface area contributed by atoms with Gasteiger partial charge in [-0.05, 0) is 78.6 Å². The van der Waals surface area contributed by atoms with Crippen LogP contribution in [0.15, 0.2) is 0 Å². The summed E-state index contributed by atoms with van der Waals surface area (Å²) >= 11 is 0. The minimum absolute atomic E-state index is 0.681. The largest absolute Gasteiger partial charge is 0.311 e. The summed E-state index contributed by atoms with van der Waals surface area (Å²) in [6, 6.07) is 2.14. The molecule has 2 rings (SSSR count). The molecule has 2 fully saturated rings. The van der Waals surface area contributed by atoms with Gasteiger partial charge in [0.25, 0.3) is 0 Å². The molecule has 2 unspecified atom stereocenters. The molecule has 2 atom stereocenters. The molecule has 2 aliphatic heterocycles. The van der Waals surface area contributed by atoms with Crippen LogP contribution in [0.25, 0.3) is 0 Å². The second-order valence-corrected chi connectivity index (χ2v) is 7.15. The van der Waals surface area contributed by atoms with Crippen LogP contribution in [-0.4, -0.2) is 60.6 Å². The first-order valence-corrected chi connectivity index (χ1v) is 8.82. The van der Waals surface area contributed by atoms with E-state index in [1.54, 1.807) is 0 Å². The molecule has 2 saturated heterocycles. The van der Waals surface area contributed by atoms with Crippen molar-refractivity contribution in [3.05, 3.63) is 0 Å². The first-order chi connectivity index (χ1) is 9.60. The lowest BCUT2D eigenvalue weighted by molar-refractivity contribution is 0.128. The maximum Gasteiger partial charge on any atom is 0.00940 e. The standard InChI is InChI=1S/C17H35N3/c1-5-19-10-6-7-16(13-19)15(4)18-17-8-11-20(12-9-17)14(2)3/h14-18H,5-13H2,1-4H3. The highest BCUT2D eigenvalue weighted by molar-refractivity contribution is 4.85. The van der Waals surface area contributed by atoms with Gasteiger partial charge in [-0.3, -0.25) is 0 Å². The number of nitrogens with one attached hydrogen (secondary N) is 1. The third kappa shape index (κ3) is 4.44. The second kappa shape index (κ2) is 7.77. The third-order valence-electron chi connectivity index (χ3n) is 5.45. The molecule has 118 valence electrons. The van der Waals surface area contributed by atoms with Crippen molar-refractivity contribution >= 4 is 0 Å². The first kappa shape index (κ1) is 16.3. The fourth-order valence-electron chi connectivity index (χ4n) is 3.88. The van der Waals surface area contributed by atoms with Crippen LogP contribution in [0.4, 0.5) is 0 Å². The number of hydrogen-bond donors (Lipinski definition) is 1. The van der Waals surface area contributed by atoms with Crippen molar-refractivity contribution in [2.45, 2.75) is 71.5 Å². The van der Waals surface area contributed by atoms with Gasteiger partial charge in [-0.25, -0.2) is 0 Å². The van der Waals surface area contributed by atoms with Crippen molar-refractivity contribution < 1.29 is 0 Å². The highest BCUT2D eigenvalue weighted by Crippen LogP contribution is 2.21. The van der Waals surface area contributed by atoms with Crippen molar-refractivity contribution in [3.63, 3.8) is 0 Å². The number of likely N-dealkylation sites (tertiary alicyclic amines) is 2. The predicted octanol–water partition coefficient (Wildman–Crippen LogP) is 2.57. The highest BCUT2D eigenvalue weighted by Gasteiger charge is 2.27. The van der Waals surface area contributed by atoms with Gasteiger partial charge in [0.05, 0.1) is 0 Å². The molecule has 3 nitrogen and oxygen atoms in total. The maximum absolute atomic E-state index is 3.94. The Labute approximate surface area is 126 Å². The van der Waals surface area contributed by atoms with E-state index in [0.29, 0.717) is 12.1 Å². The van der Waals surface area contributed by atoms with Gasteiger partial charge in [-0.15, -0.1) is 0 Å². The Bertz CT molecular complexity index is 271. The van der Waals surface area contributed by atoms with Gasteiger partial charge in [0, 0.05) is 24.7 Å². The normalized spacial score (nSPS) is 28.9. The van der Waals surface area contributed by atoms with Crippen molar-refractivity contribution in [1.29, 1.82) is 0 Å². The summed E-state index contributed by atoms with van der Waals surface area (Å²) in [4.78, 5) is 5.23. The highest BCUT2D eigenvalue weighted by atomic mass is 15.2. The van der Waals surface area contributed by atoms with E-state index in [4.69, 9.17) is 0 Å². The van der Waals surface area contributed by atoms with E-state index in [1.165, 1.54) is 58.4 Å². The molecule has 20 heavy (non-hydrogen) atoms. The molecule has 0 saturated carbocycles. The Balaban J connectivity index is 1.73. The van der Waals surface area contributed by atoms with Crippen molar-refractivity contribution in [2.24, 2.45) is 5.92 Å². The van der Waals surface area contributed by atoms with Gasteiger partial charge in [-0.1, -0.05) is 6.92 Å². The number of hydrogen-bond acceptors (Lipinski definition) is 3. The Hall–Kier alpha value is -0.120. The monoisotopic (exact) mass is 281 g/mol. The summed E-state index contributed by atoms with van der Waals surface area (Å²) < 4.78 is 0. The van der Waals surface area contributed by atoms with Gasteiger partial charge in [0.2, 0.25) is 0 Å². The lowest BCUT2D eigenvalue weighted by Gasteiger charge is -2.40. The average molecular weight is 281 g/mol. The van der Waals surface area contributed by atoms with Gasteiger partial charge in [0.1, 0.15) is 0 Å². The molecule has 1 N–H and O–H groups in total. The van der Waals surface area contributed by atoms with Crippen LogP contribution >= 0.6 is 0 Å². The first-order valence-electron chi connectivity index (χ1n) is 8.82. The third-order valence-corrected chi connectivity index (χ3v) is 5.45. The summed E-state index contributed by atoms with van der Waals surface area (Å²) in [5.74, 6) is 0.854. The Kier molecular flexibility index (Phi) is 6.31. The molecule has 0 spiro atoms. The molecule has 0 aliphatic carbocycles. The van der Waals surface area contributed by atoms with Crippen LogP contribution in [0.3, 0.4) is 0 Å². The van der Waals surface area contributed by atoms with E-state index in [9.17, 15) is 0 Å². The van der Waals surface area contributed by atoms with Crippen LogP contribution in [-0.2, 0) is 0 Å². The molecule has 0 aromatic heterocycles. The molecule has 0 amide bonds. The SMILES string of the molecule is CCN1CCCC(C(C)NC2CCN(C(C)C)CC2)C1. The van der Waals surface area contributed by atoms with E-state index in [0.717, 1.165) is 12.0 Å². The molecule has 3 heteroatoms. The topological polar surface area (TPSA) is 18.5 Å². The number of piperidine rings is 2. The minimum atomic E-state index is 0.681. The van der Waals surface area contributed by atoms with Gasteiger partial charge in [0.15, 0.2) is 0 Å². The summed E-state index contributed by atoms with van der Waals surface area (Å²) in [5.41, 5.74) is 0. The second-order valence-electron chi connectivity index (χ2n) is 7.15. The predicted molar refractivity (Wildman–Crippen MR) is 87.2 cm³/mol. The van der Waals surface area contributed by atoms with Crippen molar-refractivity contribution in [2.75, 3.05) is 32.7 Å².